The minimum absolute atomic E-state index is 0.0449. The van der Waals surface area contributed by atoms with Gasteiger partial charge < -0.3 is 0 Å². The fourth-order valence-electron chi connectivity index (χ4n) is 7.42. The zero-order valence-corrected chi connectivity index (χ0v) is 26.2. The van der Waals surface area contributed by atoms with Crippen molar-refractivity contribution in [1.82, 2.24) is 0 Å². The van der Waals surface area contributed by atoms with Crippen LogP contribution in [-0.4, -0.2) is 0 Å². The van der Waals surface area contributed by atoms with Gasteiger partial charge in [-0.3, -0.25) is 0 Å². The Morgan fingerprint density at radius 1 is 0.455 bits per heavy atom. The quantitative estimate of drug-likeness (QED) is 0.143. The second kappa shape index (κ2) is 9.41. The molecule has 0 N–H and O–H groups in total. The Bertz CT molecular complexity index is 2550. The molecule has 0 bridgehead atoms. The summed E-state index contributed by atoms with van der Waals surface area (Å²) in [5.74, 6) is 0. The van der Waals surface area contributed by atoms with E-state index < -0.39 is 0 Å². The molecule has 0 aromatic heterocycles. The Hall–Kier alpha value is -4.68. The van der Waals surface area contributed by atoms with Gasteiger partial charge in [0.05, 0.1) is 6.85 Å². The fourth-order valence-corrected chi connectivity index (χ4v) is 7.42. The molecule has 0 aliphatic heterocycles. The van der Waals surface area contributed by atoms with Crippen LogP contribution in [0.3, 0.4) is 0 Å². The van der Waals surface area contributed by atoms with E-state index in [9.17, 15) is 0 Å². The molecule has 0 aliphatic carbocycles. The Morgan fingerprint density at radius 3 is 1.48 bits per heavy atom. The van der Waals surface area contributed by atoms with Crippen LogP contribution in [-0.2, 0) is 10.8 Å². The predicted octanol–water partition coefficient (Wildman–Crippen LogP) is 12.8. The van der Waals surface area contributed by atoms with E-state index in [1.165, 1.54) is 43.4 Å². The minimum Gasteiger partial charge on any atom is -0.0622 e. The van der Waals surface area contributed by atoms with Gasteiger partial charge in [0.15, 0.2) is 0 Å². The first-order chi connectivity index (χ1) is 23.2. The van der Waals surface area contributed by atoms with E-state index in [2.05, 4.69) is 96.1 Å². The second-order valence-electron chi connectivity index (χ2n) is 14.2. The molecule has 0 spiro atoms. The van der Waals surface area contributed by atoms with Gasteiger partial charge in [-0.05, 0) is 98.1 Å². The van der Waals surface area contributed by atoms with Crippen LogP contribution in [0.1, 0.15) is 59.5 Å². The highest BCUT2D eigenvalue weighted by molar-refractivity contribution is 6.30. The Morgan fingerprint density at radius 2 is 0.932 bits per heavy atom. The Kier molecular flexibility index (Phi) is 4.69. The highest BCUT2D eigenvalue weighted by atomic mass is 14.3. The lowest BCUT2D eigenvalue weighted by Gasteiger charge is -2.29. The van der Waals surface area contributed by atoms with Crippen molar-refractivity contribution in [1.29, 1.82) is 0 Å². The van der Waals surface area contributed by atoms with Crippen molar-refractivity contribution in [2.75, 3.05) is 0 Å². The van der Waals surface area contributed by atoms with E-state index in [1.54, 1.807) is 0 Å². The third-order valence-corrected chi connectivity index (χ3v) is 9.35. The van der Waals surface area contributed by atoms with Crippen LogP contribution >= 0.6 is 0 Å². The van der Waals surface area contributed by atoms with Crippen molar-refractivity contribution in [3.8, 4) is 22.3 Å². The summed E-state index contributed by atoms with van der Waals surface area (Å²) in [5, 5.41) is 11.2. The van der Waals surface area contributed by atoms with Crippen molar-refractivity contribution in [2.45, 2.75) is 52.4 Å². The molecule has 8 aromatic rings. The summed E-state index contributed by atoms with van der Waals surface area (Å²) < 4.78 is 43.0. The summed E-state index contributed by atoms with van der Waals surface area (Å²) in [6.45, 7) is 13.8. The number of fused-ring (bicyclic) bond motifs is 2. The molecule has 0 fully saturated rings. The predicted molar refractivity (Wildman–Crippen MR) is 193 cm³/mol. The lowest BCUT2D eigenvalue weighted by molar-refractivity contribution is 0.576. The van der Waals surface area contributed by atoms with E-state index in [-0.39, 0.29) is 46.6 Å². The van der Waals surface area contributed by atoms with Crippen molar-refractivity contribution < 1.29 is 6.85 Å². The normalized spacial score (nSPS) is 14.4. The molecule has 0 atom stereocenters. The maximum Gasteiger partial charge on any atom is 0.0629 e. The van der Waals surface area contributed by atoms with E-state index in [0.717, 1.165) is 32.7 Å². The first-order valence-corrected chi connectivity index (χ1v) is 15.5. The van der Waals surface area contributed by atoms with Crippen molar-refractivity contribution in [2.24, 2.45) is 0 Å². The van der Waals surface area contributed by atoms with Crippen LogP contribution < -0.4 is 0 Å². The van der Waals surface area contributed by atoms with Gasteiger partial charge in [-0.15, -0.1) is 0 Å². The SMILES string of the molecule is [2H]c1c([2H])c([2H])c(-c2c3ccccc3c(-c3ccc4ccc5c(C(C)(C)C)cc(C(C)(C)C)c6ccc3c4c56)c3ccccc23)c([2H])c1[2H]. The smallest absolute Gasteiger partial charge is 0.0622 e. The molecule has 0 heterocycles. The lowest BCUT2D eigenvalue weighted by Crippen LogP contribution is -2.17. The van der Waals surface area contributed by atoms with Crippen LogP contribution in [0, 0.1) is 0 Å². The van der Waals surface area contributed by atoms with Crippen LogP contribution in [0.4, 0.5) is 0 Å². The van der Waals surface area contributed by atoms with Gasteiger partial charge in [0.1, 0.15) is 0 Å². The molecule has 0 aliphatic rings. The van der Waals surface area contributed by atoms with Crippen molar-refractivity contribution >= 4 is 53.9 Å². The molecule has 0 unspecified atom stereocenters. The maximum absolute atomic E-state index is 8.92. The Balaban J connectivity index is 1.56. The average Bonchev–Trinajstić information content (AvgIpc) is 3.07. The first kappa shape index (κ1) is 21.9. The highest BCUT2D eigenvalue weighted by Gasteiger charge is 2.27. The maximum atomic E-state index is 8.92. The van der Waals surface area contributed by atoms with Gasteiger partial charge in [-0.1, -0.05) is 163 Å². The zero-order chi connectivity index (χ0) is 34.7. The van der Waals surface area contributed by atoms with Crippen LogP contribution in [0.15, 0.2) is 121 Å². The third kappa shape index (κ3) is 3.90. The molecule has 0 nitrogen and oxygen atoms in total. The topological polar surface area (TPSA) is 0 Å². The monoisotopic (exact) mass is 571 g/mol. The highest BCUT2D eigenvalue weighted by Crippen LogP contribution is 2.49. The molecule has 0 radical (unpaired) electrons. The van der Waals surface area contributed by atoms with Crippen LogP contribution in [0.2, 0.25) is 0 Å². The fraction of sp³-hybridized carbons (Fsp3) is 0.182. The summed E-state index contributed by atoms with van der Waals surface area (Å²) in [6.07, 6.45) is 0. The van der Waals surface area contributed by atoms with Crippen LogP contribution in [0.25, 0.3) is 76.1 Å². The van der Waals surface area contributed by atoms with Gasteiger partial charge in [0.25, 0.3) is 0 Å². The molecule has 8 aromatic carbocycles. The summed E-state index contributed by atoms with van der Waals surface area (Å²) in [5.41, 5.74) is 5.69. The number of hydrogen-bond acceptors (Lipinski definition) is 0. The van der Waals surface area contributed by atoms with Gasteiger partial charge in [0, 0.05) is 0 Å². The number of rotatable bonds is 2. The van der Waals surface area contributed by atoms with Crippen molar-refractivity contribution in [3.63, 3.8) is 0 Å². The zero-order valence-electron chi connectivity index (χ0n) is 31.2. The van der Waals surface area contributed by atoms with Gasteiger partial charge >= 0.3 is 0 Å². The molecular formula is C44H38. The van der Waals surface area contributed by atoms with E-state index in [1.807, 2.05) is 36.4 Å². The summed E-state index contributed by atoms with van der Waals surface area (Å²) in [6, 6.07) is 30.8. The standard InChI is InChI=1S/C44H38/c1-43(2,3)37-26-38(44(4,5)6)36-25-24-33-34(22-20-28-21-23-35(37)42(36)40(28)33)41-31-18-12-10-16-29(31)39(27-14-8-7-9-15-27)30-17-11-13-19-32(30)41/h7-26H,1-6H3/i7D,8D,9D,14D,15D. The van der Waals surface area contributed by atoms with Crippen LogP contribution in [0.5, 0.6) is 0 Å². The lowest BCUT2D eigenvalue weighted by atomic mass is 9.74. The summed E-state index contributed by atoms with van der Waals surface area (Å²) in [7, 11) is 0. The largest absolute Gasteiger partial charge is 0.0629 e. The van der Waals surface area contributed by atoms with Gasteiger partial charge in [-0.25, -0.2) is 0 Å². The second-order valence-corrected chi connectivity index (χ2v) is 14.2. The molecule has 0 amide bonds. The molecule has 8 rings (SSSR count). The molecular weight excluding hydrogens is 528 g/mol. The van der Waals surface area contributed by atoms with Gasteiger partial charge in [-0.2, -0.15) is 0 Å². The molecule has 44 heavy (non-hydrogen) atoms. The molecule has 0 saturated carbocycles. The van der Waals surface area contributed by atoms with Gasteiger partial charge in [0.2, 0.25) is 0 Å². The molecule has 0 heteroatoms. The van der Waals surface area contributed by atoms with E-state index >= 15 is 0 Å². The minimum atomic E-state index is -0.387. The number of hydrogen-bond donors (Lipinski definition) is 0. The van der Waals surface area contributed by atoms with E-state index in [4.69, 9.17) is 6.85 Å². The molecule has 214 valence electrons. The first-order valence-electron chi connectivity index (χ1n) is 18.0. The molecule has 0 saturated heterocycles. The third-order valence-electron chi connectivity index (χ3n) is 9.35. The average molecular weight is 572 g/mol. The summed E-state index contributed by atoms with van der Waals surface area (Å²) in [4.78, 5) is 0. The van der Waals surface area contributed by atoms with Crippen molar-refractivity contribution in [3.05, 3.63) is 132 Å². The van der Waals surface area contributed by atoms with E-state index in [0.29, 0.717) is 5.56 Å². The Labute approximate surface area is 267 Å². The summed E-state index contributed by atoms with van der Waals surface area (Å²) >= 11 is 0. The number of benzene rings is 8.